The summed E-state index contributed by atoms with van der Waals surface area (Å²) in [5.41, 5.74) is 3.55. The fraction of sp³-hybridized carbons (Fsp3) is 0.0909. The van der Waals surface area contributed by atoms with Crippen LogP contribution in [0.25, 0.3) is 22.3 Å². The summed E-state index contributed by atoms with van der Waals surface area (Å²) in [7, 11) is 0. The highest BCUT2D eigenvalue weighted by Gasteiger charge is 2.11. The van der Waals surface area contributed by atoms with Crippen molar-refractivity contribution in [3.8, 4) is 11.4 Å². The number of carbonyl (C=O) groups excluding carboxylic acids is 1. The van der Waals surface area contributed by atoms with E-state index in [2.05, 4.69) is 32.7 Å². The molecule has 0 aliphatic carbocycles. The van der Waals surface area contributed by atoms with Gasteiger partial charge in [-0.25, -0.2) is 9.97 Å². The number of hydrogen-bond donors (Lipinski definition) is 2. The average molecular weight is 369 g/mol. The number of nitrogens with one attached hydrogen (secondary N) is 2. The maximum absolute atomic E-state index is 11.4. The first-order valence-corrected chi connectivity index (χ1v) is 8.96. The highest BCUT2D eigenvalue weighted by Crippen LogP contribution is 2.27. The zero-order valence-electron chi connectivity index (χ0n) is 15.4. The summed E-state index contributed by atoms with van der Waals surface area (Å²) in [5.74, 6) is 1.22. The van der Waals surface area contributed by atoms with E-state index in [9.17, 15) is 4.79 Å². The first-order chi connectivity index (χ1) is 13.7. The average Bonchev–Trinajstić information content (AvgIpc) is 2.73. The molecule has 4 rings (SSSR count). The Hall–Kier alpha value is -3.80. The van der Waals surface area contributed by atoms with Crippen molar-refractivity contribution in [2.24, 2.45) is 0 Å². The lowest BCUT2D eigenvalue weighted by Gasteiger charge is -2.12. The first-order valence-electron chi connectivity index (χ1n) is 8.96. The standard InChI is InChI=1S/C22H19N5O/c1-15(28)25-18-7-8-20-19(13-18)22(24-14-16-5-3-2-4-6-16)27-21(26-20)17-9-11-23-12-10-17/h2-13H,14H2,1H3,(H,25,28)(H,24,26,27). The van der Waals surface area contributed by atoms with Crippen LogP contribution in [0, 0.1) is 0 Å². The molecule has 1 amide bonds. The SMILES string of the molecule is CC(=O)Nc1ccc2nc(-c3ccncc3)nc(NCc3ccccc3)c2c1. The van der Waals surface area contributed by atoms with Crippen LogP contribution in [0.3, 0.4) is 0 Å². The topological polar surface area (TPSA) is 79.8 Å². The van der Waals surface area contributed by atoms with E-state index in [0.717, 1.165) is 22.0 Å². The molecule has 2 aromatic carbocycles. The van der Waals surface area contributed by atoms with Crippen LogP contribution in [0.5, 0.6) is 0 Å². The van der Waals surface area contributed by atoms with Gasteiger partial charge in [0.15, 0.2) is 5.82 Å². The molecule has 4 aromatic rings. The quantitative estimate of drug-likeness (QED) is 0.549. The molecule has 0 unspecified atom stereocenters. The third-order valence-electron chi connectivity index (χ3n) is 4.26. The van der Waals surface area contributed by atoms with Crippen molar-refractivity contribution >= 4 is 28.3 Å². The number of fused-ring (bicyclic) bond motifs is 1. The third-order valence-corrected chi connectivity index (χ3v) is 4.26. The van der Waals surface area contributed by atoms with Crippen LogP contribution < -0.4 is 10.6 Å². The Morgan fingerprint density at radius 1 is 0.964 bits per heavy atom. The summed E-state index contributed by atoms with van der Waals surface area (Å²) in [6.07, 6.45) is 3.44. The lowest BCUT2D eigenvalue weighted by molar-refractivity contribution is -0.114. The molecule has 0 fully saturated rings. The minimum atomic E-state index is -0.118. The molecule has 2 aromatic heterocycles. The summed E-state index contributed by atoms with van der Waals surface area (Å²) in [5, 5.41) is 7.08. The molecule has 0 atom stereocenters. The number of anilines is 2. The van der Waals surface area contributed by atoms with Gasteiger partial charge in [-0.15, -0.1) is 0 Å². The van der Waals surface area contributed by atoms with Crippen LogP contribution in [0.1, 0.15) is 12.5 Å². The molecule has 0 saturated heterocycles. The number of nitrogens with zero attached hydrogens (tertiary/aromatic N) is 3. The molecular formula is C22H19N5O. The second kappa shape index (κ2) is 7.84. The van der Waals surface area contributed by atoms with Crippen molar-refractivity contribution in [2.75, 3.05) is 10.6 Å². The first kappa shape index (κ1) is 17.6. The molecule has 2 heterocycles. The van der Waals surface area contributed by atoms with Gasteiger partial charge >= 0.3 is 0 Å². The van der Waals surface area contributed by atoms with Crippen LogP contribution in [-0.4, -0.2) is 20.9 Å². The Balaban J connectivity index is 1.78. The highest BCUT2D eigenvalue weighted by molar-refractivity contribution is 5.96. The number of rotatable bonds is 5. The van der Waals surface area contributed by atoms with Crippen LogP contribution >= 0.6 is 0 Å². The largest absolute Gasteiger partial charge is 0.365 e. The molecule has 0 bridgehead atoms. The summed E-state index contributed by atoms with van der Waals surface area (Å²) >= 11 is 0. The molecule has 0 aliphatic heterocycles. The Morgan fingerprint density at radius 2 is 1.75 bits per heavy atom. The van der Waals surface area contributed by atoms with Gasteiger partial charge in [0, 0.05) is 42.5 Å². The molecule has 2 N–H and O–H groups in total. The maximum Gasteiger partial charge on any atom is 0.221 e. The number of pyridine rings is 1. The summed E-state index contributed by atoms with van der Waals surface area (Å²) in [6, 6.07) is 19.5. The number of carbonyl (C=O) groups is 1. The predicted molar refractivity (Wildman–Crippen MR) is 111 cm³/mol. The van der Waals surface area contributed by atoms with Gasteiger partial charge in [0.2, 0.25) is 5.91 Å². The molecule has 6 heteroatoms. The fourth-order valence-electron chi connectivity index (χ4n) is 2.96. The number of aromatic nitrogens is 3. The van der Waals surface area contributed by atoms with Crippen molar-refractivity contribution in [1.82, 2.24) is 15.0 Å². The van der Waals surface area contributed by atoms with E-state index in [1.807, 2.05) is 48.5 Å². The molecule has 138 valence electrons. The van der Waals surface area contributed by atoms with E-state index in [0.29, 0.717) is 23.9 Å². The molecule has 0 radical (unpaired) electrons. The number of hydrogen-bond acceptors (Lipinski definition) is 5. The van der Waals surface area contributed by atoms with Crippen molar-refractivity contribution in [3.63, 3.8) is 0 Å². The van der Waals surface area contributed by atoms with Gasteiger partial charge in [0.05, 0.1) is 5.52 Å². The van der Waals surface area contributed by atoms with Crippen molar-refractivity contribution in [2.45, 2.75) is 13.5 Å². The Kier molecular flexibility index (Phi) is 4.93. The normalized spacial score (nSPS) is 10.6. The van der Waals surface area contributed by atoms with E-state index in [4.69, 9.17) is 4.98 Å². The lowest BCUT2D eigenvalue weighted by Crippen LogP contribution is -2.07. The molecule has 6 nitrogen and oxygen atoms in total. The Labute approximate surface area is 162 Å². The van der Waals surface area contributed by atoms with Gasteiger partial charge in [-0.3, -0.25) is 9.78 Å². The second-order valence-electron chi connectivity index (χ2n) is 6.38. The third kappa shape index (κ3) is 3.96. The van der Waals surface area contributed by atoms with E-state index >= 15 is 0 Å². The molecule has 0 spiro atoms. The Bertz CT molecular complexity index is 1110. The van der Waals surface area contributed by atoms with Crippen LogP contribution in [-0.2, 0) is 11.3 Å². The summed E-state index contributed by atoms with van der Waals surface area (Å²) in [4.78, 5) is 24.9. The van der Waals surface area contributed by atoms with Gasteiger partial charge in [-0.1, -0.05) is 30.3 Å². The predicted octanol–water partition coefficient (Wildman–Crippen LogP) is 4.26. The zero-order chi connectivity index (χ0) is 19.3. The minimum Gasteiger partial charge on any atom is -0.365 e. The van der Waals surface area contributed by atoms with E-state index in [1.54, 1.807) is 12.4 Å². The molecule has 28 heavy (non-hydrogen) atoms. The molecule has 0 aliphatic rings. The van der Waals surface area contributed by atoms with Crippen molar-refractivity contribution in [3.05, 3.63) is 78.6 Å². The zero-order valence-corrected chi connectivity index (χ0v) is 15.4. The summed E-state index contributed by atoms with van der Waals surface area (Å²) < 4.78 is 0. The van der Waals surface area contributed by atoms with Gasteiger partial charge in [0.25, 0.3) is 0 Å². The van der Waals surface area contributed by atoms with Crippen molar-refractivity contribution in [1.29, 1.82) is 0 Å². The van der Waals surface area contributed by atoms with Gasteiger partial charge in [0.1, 0.15) is 5.82 Å². The van der Waals surface area contributed by atoms with Gasteiger partial charge < -0.3 is 10.6 Å². The lowest BCUT2D eigenvalue weighted by atomic mass is 10.1. The maximum atomic E-state index is 11.4. The van der Waals surface area contributed by atoms with Crippen molar-refractivity contribution < 1.29 is 4.79 Å². The van der Waals surface area contributed by atoms with Gasteiger partial charge in [-0.2, -0.15) is 0 Å². The monoisotopic (exact) mass is 369 g/mol. The van der Waals surface area contributed by atoms with Crippen LogP contribution in [0.15, 0.2) is 73.1 Å². The number of amides is 1. The molecule has 0 saturated carbocycles. The van der Waals surface area contributed by atoms with Crippen LogP contribution in [0.2, 0.25) is 0 Å². The fourth-order valence-corrected chi connectivity index (χ4v) is 2.96. The minimum absolute atomic E-state index is 0.118. The molecular weight excluding hydrogens is 350 g/mol. The highest BCUT2D eigenvalue weighted by atomic mass is 16.1. The van der Waals surface area contributed by atoms with Crippen LogP contribution in [0.4, 0.5) is 11.5 Å². The van der Waals surface area contributed by atoms with E-state index in [1.165, 1.54) is 6.92 Å². The van der Waals surface area contributed by atoms with E-state index < -0.39 is 0 Å². The number of benzene rings is 2. The summed E-state index contributed by atoms with van der Waals surface area (Å²) in [6.45, 7) is 2.12. The van der Waals surface area contributed by atoms with Gasteiger partial charge in [-0.05, 0) is 35.9 Å². The smallest absolute Gasteiger partial charge is 0.221 e. The second-order valence-corrected chi connectivity index (χ2v) is 6.38. The van der Waals surface area contributed by atoms with E-state index in [-0.39, 0.29) is 5.91 Å². The Morgan fingerprint density at radius 3 is 2.50 bits per heavy atom.